The zero-order valence-corrected chi connectivity index (χ0v) is 36.1. The molecule has 1 aromatic carbocycles. The van der Waals surface area contributed by atoms with Crippen LogP contribution < -0.4 is 21.2 Å². The molecule has 7 heterocycles. The number of alkyl halides is 2. The van der Waals surface area contributed by atoms with Gasteiger partial charge in [-0.15, -0.1) is 0 Å². The van der Waals surface area contributed by atoms with Crippen molar-refractivity contribution in [1.29, 1.82) is 0 Å². The molecule has 4 fully saturated rings. The molecule has 338 valence electrons. The van der Waals surface area contributed by atoms with Crippen LogP contribution in [0.1, 0.15) is 91.5 Å². The van der Waals surface area contributed by atoms with Crippen molar-refractivity contribution in [3.8, 4) is 11.8 Å². The molecule has 3 saturated heterocycles. The summed E-state index contributed by atoms with van der Waals surface area (Å²) in [6.45, 7) is 3.49. The average molecular weight is 902 g/mol. The van der Waals surface area contributed by atoms with E-state index in [1.165, 1.54) is 26.0 Å². The van der Waals surface area contributed by atoms with E-state index in [9.17, 15) is 36.4 Å². The molecule has 2 N–H and O–H groups in total. The van der Waals surface area contributed by atoms with E-state index in [2.05, 4.69) is 42.6 Å². The number of piperidine rings is 2. The minimum atomic E-state index is -3.10. The fraction of sp³-hybridized carbons (Fsp3) is 0.512. The summed E-state index contributed by atoms with van der Waals surface area (Å²) in [5, 5.41) is 13.4. The third-order valence-electron chi connectivity index (χ3n) is 13.0. The first-order chi connectivity index (χ1) is 30.8. The normalized spacial score (nSPS) is 22.2. The Morgan fingerprint density at radius 2 is 1.78 bits per heavy atom. The molecule has 64 heavy (non-hydrogen) atoms. The van der Waals surface area contributed by atoms with E-state index >= 15 is 0 Å². The Hall–Kier alpha value is -5.98. The van der Waals surface area contributed by atoms with Crippen molar-refractivity contribution in [2.75, 3.05) is 61.1 Å². The van der Waals surface area contributed by atoms with Crippen molar-refractivity contribution in [2.45, 2.75) is 76.0 Å². The fourth-order valence-corrected chi connectivity index (χ4v) is 10.7. The molecule has 1 unspecified atom stereocenters. The molecule has 1 saturated carbocycles. The summed E-state index contributed by atoms with van der Waals surface area (Å²) >= 11 is 0. The van der Waals surface area contributed by atoms with Crippen LogP contribution in [0.4, 0.5) is 20.3 Å². The minimum absolute atomic E-state index is 0.00560. The molecule has 3 aliphatic heterocycles. The lowest BCUT2D eigenvalue weighted by molar-refractivity contribution is -0.135. The van der Waals surface area contributed by atoms with Crippen molar-refractivity contribution in [2.24, 2.45) is 13.0 Å². The summed E-state index contributed by atoms with van der Waals surface area (Å²) < 4.78 is 64.4. The number of hydrogen-bond acceptors (Lipinski definition) is 12. The Bertz CT molecular complexity index is 2830. The summed E-state index contributed by atoms with van der Waals surface area (Å²) in [7, 11) is -1.45. The van der Waals surface area contributed by atoms with Crippen LogP contribution in [-0.2, 0) is 31.2 Å². The topological polar surface area (TPSA) is 200 Å². The number of nitrogens with zero attached hydrogens (tertiary/aromatic N) is 9. The fourth-order valence-electron chi connectivity index (χ4n) is 9.45. The lowest BCUT2D eigenvalue weighted by Gasteiger charge is -2.36. The standard InChI is InChI=1S/C43H49F2N11O7S/c1-51-38-28(4-2-6-33(38)56(43(51)60)34-11-12-36(57)49-42(34)59)5-3-21-63-30-13-16-52(17-14-30)25-27-7-9-29(10-8-27)55-26-32(37(50-55)39(44)45)47-41(58)31-24-46-54-18-15-35(48-40(31)54)53-19-22-64(61,62)23-20-53/h2,4,6,15,18,24,26-27,29-30,34,39H,7-14,16-17,19-23,25H2,1H3,(H,47,58)(H,49,57,59). The second-order valence-corrected chi connectivity index (χ2v) is 19.4. The number of aryl methyl sites for hydroxylation is 1. The van der Waals surface area contributed by atoms with Gasteiger partial charge < -0.3 is 19.9 Å². The van der Waals surface area contributed by atoms with Crippen LogP contribution in [0.15, 0.2) is 47.7 Å². The molecule has 0 bridgehead atoms. The number of carbonyl (C=O) groups is 3. The lowest BCUT2D eigenvalue weighted by Crippen LogP contribution is -2.44. The van der Waals surface area contributed by atoms with Gasteiger partial charge in [0.2, 0.25) is 11.8 Å². The molecule has 9 rings (SSSR count). The number of rotatable bonds is 10. The molecule has 4 aromatic heterocycles. The van der Waals surface area contributed by atoms with Gasteiger partial charge in [-0.25, -0.2) is 31.5 Å². The van der Waals surface area contributed by atoms with Gasteiger partial charge in [0.05, 0.1) is 52.1 Å². The number of carbonyl (C=O) groups excluding carboxylic acids is 3. The number of amides is 3. The number of sulfone groups is 1. The highest BCUT2D eigenvalue weighted by molar-refractivity contribution is 7.91. The van der Waals surface area contributed by atoms with Gasteiger partial charge in [-0.3, -0.25) is 33.5 Å². The quantitative estimate of drug-likeness (QED) is 0.154. The van der Waals surface area contributed by atoms with E-state index in [-0.39, 0.29) is 84.7 Å². The largest absolute Gasteiger partial charge is 0.365 e. The molecule has 18 nitrogen and oxygen atoms in total. The number of likely N-dealkylation sites (tertiary alicyclic amines) is 1. The molecule has 0 spiro atoms. The second-order valence-electron chi connectivity index (χ2n) is 17.1. The molecule has 4 aliphatic rings. The first-order valence-corrected chi connectivity index (χ1v) is 23.5. The van der Waals surface area contributed by atoms with Gasteiger partial charge in [0, 0.05) is 58.6 Å². The Balaban J connectivity index is 0.749. The summed E-state index contributed by atoms with van der Waals surface area (Å²) in [4.78, 5) is 59.9. The summed E-state index contributed by atoms with van der Waals surface area (Å²) in [5.41, 5.74) is 1.25. The third kappa shape index (κ3) is 8.90. The van der Waals surface area contributed by atoms with E-state index in [1.807, 2.05) is 11.0 Å². The van der Waals surface area contributed by atoms with E-state index < -0.39 is 39.8 Å². The van der Waals surface area contributed by atoms with Crippen molar-refractivity contribution < 1.29 is 36.3 Å². The highest BCUT2D eigenvalue weighted by Gasteiger charge is 2.33. The number of halogens is 2. The zero-order chi connectivity index (χ0) is 44.7. The van der Waals surface area contributed by atoms with Crippen LogP contribution >= 0.6 is 0 Å². The number of imidazole rings is 1. The van der Waals surface area contributed by atoms with Crippen LogP contribution in [0.2, 0.25) is 0 Å². The maximum atomic E-state index is 14.3. The van der Waals surface area contributed by atoms with E-state index in [1.54, 1.807) is 36.1 Å². The van der Waals surface area contributed by atoms with Crippen LogP contribution in [0.5, 0.6) is 0 Å². The monoisotopic (exact) mass is 901 g/mol. The lowest BCUT2D eigenvalue weighted by atomic mass is 9.85. The van der Waals surface area contributed by atoms with Gasteiger partial charge in [0.15, 0.2) is 21.2 Å². The van der Waals surface area contributed by atoms with Gasteiger partial charge in [-0.05, 0) is 69.1 Å². The van der Waals surface area contributed by atoms with E-state index in [4.69, 9.17) is 4.74 Å². The van der Waals surface area contributed by atoms with E-state index in [0.29, 0.717) is 28.3 Å². The van der Waals surface area contributed by atoms with Gasteiger partial charge in [0.1, 0.15) is 24.0 Å². The van der Waals surface area contributed by atoms with Crippen molar-refractivity contribution in [3.05, 3.63) is 70.2 Å². The maximum Gasteiger partial charge on any atom is 0.329 e. The number of hydrogen-bond donors (Lipinski definition) is 2. The van der Waals surface area contributed by atoms with Crippen LogP contribution in [0.3, 0.4) is 0 Å². The third-order valence-corrected chi connectivity index (χ3v) is 14.6. The molecular formula is C43H49F2N11O7S. The molecule has 3 amide bonds. The SMILES string of the molecule is Cn1c(=O)n(C2CCC(=O)NC2=O)c2cccc(C#CCOC3CCN(CC4CCC(n5cc(NC(=O)c6cnn7ccc(N8CCS(=O)(=O)CC8)nc67)c(C(F)F)n5)CC4)CC3)c21. The smallest absolute Gasteiger partial charge is 0.329 e. The summed E-state index contributed by atoms with van der Waals surface area (Å²) in [6, 6.07) is 6.25. The molecule has 21 heteroatoms. The van der Waals surface area contributed by atoms with E-state index in [0.717, 1.165) is 58.2 Å². The van der Waals surface area contributed by atoms with Gasteiger partial charge in [0.25, 0.3) is 12.3 Å². The number of fused-ring (bicyclic) bond motifs is 2. The van der Waals surface area contributed by atoms with Crippen LogP contribution in [-0.4, -0.2) is 121 Å². The van der Waals surface area contributed by atoms with Crippen LogP contribution in [0, 0.1) is 17.8 Å². The molecule has 1 aliphatic carbocycles. The number of nitrogens with one attached hydrogen (secondary N) is 2. The molecular weight excluding hydrogens is 853 g/mol. The number of anilines is 2. The van der Waals surface area contributed by atoms with Gasteiger partial charge in [-0.2, -0.15) is 10.2 Å². The second kappa shape index (κ2) is 17.9. The van der Waals surface area contributed by atoms with Crippen molar-refractivity contribution >= 4 is 55.7 Å². The number of benzene rings is 1. The molecule has 1 atom stereocenters. The zero-order valence-electron chi connectivity index (χ0n) is 35.3. The first kappa shape index (κ1) is 43.3. The summed E-state index contributed by atoms with van der Waals surface area (Å²) in [5.74, 6) is 5.74. The summed E-state index contributed by atoms with van der Waals surface area (Å²) in [6.07, 6.45) is 7.11. The minimum Gasteiger partial charge on any atom is -0.365 e. The number of para-hydroxylation sites is 1. The predicted molar refractivity (Wildman–Crippen MR) is 231 cm³/mol. The number of imide groups is 1. The van der Waals surface area contributed by atoms with Crippen molar-refractivity contribution in [3.63, 3.8) is 0 Å². The Labute approximate surface area is 366 Å². The highest BCUT2D eigenvalue weighted by atomic mass is 32.2. The first-order valence-electron chi connectivity index (χ1n) is 21.7. The highest BCUT2D eigenvalue weighted by Crippen LogP contribution is 2.36. The average Bonchev–Trinajstić information content (AvgIpc) is 3.97. The number of ether oxygens (including phenoxy) is 1. The Morgan fingerprint density at radius 1 is 1.02 bits per heavy atom. The van der Waals surface area contributed by atoms with Crippen LogP contribution in [0.25, 0.3) is 16.7 Å². The molecule has 0 radical (unpaired) electrons. The van der Waals surface area contributed by atoms with Gasteiger partial charge >= 0.3 is 5.69 Å². The molecule has 5 aromatic rings. The number of aromatic nitrogens is 7. The maximum absolute atomic E-state index is 14.3. The Morgan fingerprint density at radius 3 is 2.52 bits per heavy atom. The predicted octanol–water partition coefficient (Wildman–Crippen LogP) is 3.25. The van der Waals surface area contributed by atoms with Gasteiger partial charge in [-0.1, -0.05) is 17.9 Å². The van der Waals surface area contributed by atoms with Crippen molar-refractivity contribution in [1.82, 2.24) is 43.7 Å². The Kier molecular flexibility index (Phi) is 12.1.